The fourth-order valence-electron chi connectivity index (χ4n) is 5.17. The number of carbonyl (C=O) groups is 1. The highest BCUT2D eigenvalue weighted by molar-refractivity contribution is 5.91. The molecule has 3 aromatic rings. The number of unbranched alkanes of at least 4 members (excludes halogenated alkanes) is 4. The second kappa shape index (κ2) is 13.7. The lowest BCUT2D eigenvalue weighted by molar-refractivity contribution is 0.0726. The van der Waals surface area contributed by atoms with Crippen molar-refractivity contribution in [1.82, 2.24) is 0 Å². The van der Waals surface area contributed by atoms with Crippen molar-refractivity contribution in [2.24, 2.45) is 5.92 Å². The number of halogens is 3. The van der Waals surface area contributed by atoms with Crippen LogP contribution in [0.25, 0.3) is 11.1 Å². The lowest BCUT2D eigenvalue weighted by atomic mass is 9.79. The van der Waals surface area contributed by atoms with Crippen LogP contribution in [0.2, 0.25) is 0 Å². The van der Waals surface area contributed by atoms with Crippen molar-refractivity contribution in [3.05, 3.63) is 83.2 Å². The molecule has 39 heavy (non-hydrogen) atoms. The van der Waals surface area contributed by atoms with Gasteiger partial charge in [-0.3, -0.25) is 0 Å². The van der Waals surface area contributed by atoms with Crippen molar-refractivity contribution in [3.63, 3.8) is 0 Å². The Bertz CT molecular complexity index is 1250. The van der Waals surface area contributed by atoms with E-state index in [2.05, 4.69) is 13.8 Å². The Labute approximate surface area is 229 Å². The van der Waals surface area contributed by atoms with E-state index in [0.717, 1.165) is 38.5 Å². The number of carbonyl (C=O) groups excluding carboxylic acids is 1. The molecule has 0 aromatic heterocycles. The van der Waals surface area contributed by atoms with Crippen molar-refractivity contribution in [1.29, 1.82) is 0 Å². The maximum atomic E-state index is 14.8. The summed E-state index contributed by atoms with van der Waals surface area (Å²) in [6, 6.07) is 13.7. The van der Waals surface area contributed by atoms with E-state index in [1.54, 1.807) is 24.3 Å². The van der Waals surface area contributed by atoms with Crippen molar-refractivity contribution in [2.75, 3.05) is 6.61 Å². The van der Waals surface area contributed by atoms with Gasteiger partial charge < -0.3 is 9.47 Å². The Morgan fingerprint density at radius 1 is 0.846 bits per heavy atom. The summed E-state index contributed by atoms with van der Waals surface area (Å²) < 4.78 is 55.2. The molecule has 0 atom stereocenters. The fraction of sp³-hybridized carbons (Fsp3) is 0.424. The van der Waals surface area contributed by atoms with Gasteiger partial charge in [-0.1, -0.05) is 70.6 Å². The van der Waals surface area contributed by atoms with Crippen molar-refractivity contribution >= 4 is 5.97 Å². The molecule has 3 aromatic carbocycles. The van der Waals surface area contributed by atoms with Gasteiger partial charge in [0.15, 0.2) is 11.6 Å². The van der Waals surface area contributed by atoms with E-state index in [1.165, 1.54) is 49.6 Å². The number of rotatable bonds is 11. The van der Waals surface area contributed by atoms with E-state index in [9.17, 15) is 18.0 Å². The third-order valence-corrected chi connectivity index (χ3v) is 7.62. The van der Waals surface area contributed by atoms with Crippen LogP contribution in [0.15, 0.2) is 54.6 Å². The maximum absolute atomic E-state index is 14.8. The summed E-state index contributed by atoms with van der Waals surface area (Å²) in [5.74, 6) is -2.74. The average molecular weight is 539 g/mol. The summed E-state index contributed by atoms with van der Waals surface area (Å²) in [7, 11) is 0. The van der Waals surface area contributed by atoms with Crippen LogP contribution in [0.4, 0.5) is 13.2 Å². The monoisotopic (exact) mass is 538 g/mol. The zero-order chi connectivity index (χ0) is 27.8. The Morgan fingerprint density at radius 2 is 1.56 bits per heavy atom. The molecule has 1 aliphatic carbocycles. The third-order valence-electron chi connectivity index (χ3n) is 7.62. The Hall–Kier alpha value is -3.28. The number of esters is 1. The summed E-state index contributed by atoms with van der Waals surface area (Å²) in [6.07, 6.45) is 9.20. The molecule has 0 spiro atoms. The molecule has 0 N–H and O–H groups in total. The zero-order valence-corrected chi connectivity index (χ0v) is 22.8. The van der Waals surface area contributed by atoms with Gasteiger partial charge in [-0.25, -0.2) is 13.6 Å². The molecular formula is C33H37F3O3. The topological polar surface area (TPSA) is 35.5 Å². The van der Waals surface area contributed by atoms with Crippen LogP contribution in [-0.2, 0) is 0 Å². The lowest BCUT2D eigenvalue weighted by Gasteiger charge is -2.27. The van der Waals surface area contributed by atoms with Crippen molar-refractivity contribution < 1.29 is 27.4 Å². The van der Waals surface area contributed by atoms with Gasteiger partial charge in [-0.15, -0.1) is 0 Å². The first-order valence-electron chi connectivity index (χ1n) is 14.1. The summed E-state index contributed by atoms with van der Waals surface area (Å²) in [5, 5.41) is 0. The minimum absolute atomic E-state index is 0.0235. The molecule has 0 amide bonds. The normalized spacial score (nSPS) is 17.2. The minimum atomic E-state index is -1.15. The van der Waals surface area contributed by atoms with Gasteiger partial charge in [0.25, 0.3) is 0 Å². The van der Waals surface area contributed by atoms with Crippen LogP contribution >= 0.6 is 0 Å². The largest absolute Gasteiger partial charge is 0.493 e. The number of hydrogen-bond donors (Lipinski definition) is 0. The van der Waals surface area contributed by atoms with Gasteiger partial charge in [0.05, 0.1) is 12.2 Å². The standard InChI is InChI=1S/C33H37F3O3/c1-3-4-5-6-7-20-38-26-16-17-27(29(34)21-26)23-12-14-25(15-13-23)33(37)39-30-19-18-28(31(35)32(30)36)24-10-8-22(2)9-11-24/h12-19,21-22,24H,3-11,20H2,1-2H3. The van der Waals surface area contributed by atoms with Crippen molar-refractivity contribution in [2.45, 2.75) is 77.6 Å². The molecular weight excluding hydrogens is 501 g/mol. The predicted molar refractivity (Wildman–Crippen MR) is 148 cm³/mol. The van der Waals surface area contributed by atoms with Gasteiger partial charge in [-0.2, -0.15) is 4.39 Å². The van der Waals surface area contributed by atoms with E-state index in [1.807, 2.05) is 0 Å². The first-order valence-corrected chi connectivity index (χ1v) is 14.1. The summed E-state index contributed by atoms with van der Waals surface area (Å²) in [4.78, 5) is 12.6. The minimum Gasteiger partial charge on any atom is -0.493 e. The molecule has 1 saturated carbocycles. The van der Waals surface area contributed by atoms with E-state index >= 15 is 0 Å². The first kappa shape index (κ1) is 28.7. The number of ether oxygens (including phenoxy) is 2. The highest BCUT2D eigenvalue weighted by Gasteiger charge is 2.26. The highest BCUT2D eigenvalue weighted by Crippen LogP contribution is 2.38. The molecule has 1 fully saturated rings. The number of hydrogen-bond acceptors (Lipinski definition) is 3. The van der Waals surface area contributed by atoms with Gasteiger partial charge in [0.2, 0.25) is 5.82 Å². The molecule has 0 aliphatic heterocycles. The molecule has 3 nitrogen and oxygen atoms in total. The van der Waals surface area contributed by atoms with Gasteiger partial charge >= 0.3 is 5.97 Å². The van der Waals surface area contributed by atoms with Crippen LogP contribution in [-0.4, -0.2) is 12.6 Å². The molecule has 0 bridgehead atoms. The SMILES string of the molecule is CCCCCCCOc1ccc(-c2ccc(C(=O)Oc3ccc(C4CCC(C)CC4)c(F)c3F)cc2)c(F)c1. The van der Waals surface area contributed by atoms with Gasteiger partial charge in [0, 0.05) is 11.6 Å². The molecule has 4 rings (SSSR count). The van der Waals surface area contributed by atoms with Crippen LogP contribution in [0.3, 0.4) is 0 Å². The quantitative estimate of drug-likeness (QED) is 0.138. The zero-order valence-electron chi connectivity index (χ0n) is 22.8. The fourth-order valence-corrected chi connectivity index (χ4v) is 5.17. The first-order chi connectivity index (χ1) is 18.9. The number of benzene rings is 3. The average Bonchev–Trinajstić information content (AvgIpc) is 2.94. The van der Waals surface area contributed by atoms with Crippen molar-refractivity contribution in [3.8, 4) is 22.6 Å². The highest BCUT2D eigenvalue weighted by atomic mass is 19.2. The molecule has 1 aliphatic rings. The van der Waals surface area contributed by atoms with Gasteiger partial charge in [0.1, 0.15) is 11.6 Å². The van der Waals surface area contributed by atoms with Gasteiger partial charge in [-0.05, 0) is 72.6 Å². The maximum Gasteiger partial charge on any atom is 0.343 e. The Balaban J connectivity index is 1.36. The Kier molecular flexibility index (Phi) is 10.1. The summed E-state index contributed by atoms with van der Waals surface area (Å²) >= 11 is 0. The van der Waals surface area contributed by atoms with Crippen LogP contribution in [0.5, 0.6) is 11.5 Å². The molecule has 0 heterocycles. The van der Waals surface area contributed by atoms with Crippen LogP contribution < -0.4 is 9.47 Å². The molecule has 6 heteroatoms. The second-order valence-corrected chi connectivity index (χ2v) is 10.6. The molecule has 0 radical (unpaired) electrons. The van der Waals surface area contributed by atoms with Crippen LogP contribution in [0, 0.1) is 23.4 Å². The second-order valence-electron chi connectivity index (χ2n) is 10.6. The van der Waals surface area contributed by atoms with Crippen LogP contribution in [0.1, 0.15) is 93.5 Å². The van der Waals surface area contributed by atoms with E-state index < -0.39 is 29.2 Å². The summed E-state index contributed by atoms with van der Waals surface area (Å²) in [5.41, 5.74) is 1.42. The molecule has 0 unspecified atom stereocenters. The molecule has 0 saturated heterocycles. The smallest absolute Gasteiger partial charge is 0.343 e. The van der Waals surface area contributed by atoms with E-state index in [-0.39, 0.29) is 11.5 Å². The van der Waals surface area contributed by atoms with E-state index in [4.69, 9.17) is 9.47 Å². The Morgan fingerprint density at radius 3 is 2.26 bits per heavy atom. The summed E-state index contributed by atoms with van der Waals surface area (Å²) in [6.45, 7) is 4.88. The predicted octanol–water partition coefficient (Wildman–Crippen LogP) is 9.63. The third kappa shape index (κ3) is 7.43. The van der Waals surface area contributed by atoms with E-state index in [0.29, 0.717) is 35.0 Å². The lowest BCUT2D eigenvalue weighted by Crippen LogP contribution is -2.14. The molecule has 208 valence electrons.